The number of halogens is 2. The number of aliphatic hydroxyl groups excluding tert-OH is 1. The number of rotatable bonds is 7. The number of hydrogen-bond acceptors (Lipinski definition) is 7. The second-order valence-corrected chi connectivity index (χ2v) is 7.37. The lowest BCUT2D eigenvalue weighted by Crippen LogP contribution is -2.21. The first-order chi connectivity index (χ1) is 14.4. The van der Waals surface area contributed by atoms with Crippen LogP contribution in [0.1, 0.15) is 23.0 Å². The maximum absolute atomic E-state index is 12.6. The molecule has 3 rings (SSSR count). The Labute approximate surface area is 183 Å². The van der Waals surface area contributed by atoms with Crippen LogP contribution < -0.4 is 16.0 Å². The molecule has 2 heterocycles. The van der Waals surface area contributed by atoms with Crippen molar-refractivity contribution in [3.8, 4) is 0 Å². The summed E-state index contributed by atoms with van der Waals surface area (Å²) in [4.78, 5) is 25.5. The van der Waals surface area contributed by atoms with E-state index in [1.165, 1.54) is 0 Å². The summed E-state index contributed by atoms with van der Waals surface area (Å²) in [5, 5.41) is 18.6. The molecule has 156 valence electrons. The second-order valence-electron chi connectivity index (χ2n) is 6.55. The Kier molecular flexibility index (Phi) is 7.04. The molecule has 0 radical (unpaired) electrons. The number of benzene rings is 1. The van der Waals surface area contributed by atoms with E-state index in [9.17, 15) is 9.90 Å². The van der Waals surface area contributed by atoms with Gasteiger partial charge in [-0.3, -0.25) is 4.79 Å². The Morgan fingerprint density at radius 2 is 1.87 bits per heavy atom. The van der Waals surface area contributed by atoms with Crippen LogP contribution in [0.25, 0.3) is 0 Å². The van der Waals surface area contributed by atoms with Crippen molar-refractivity contribution in [2.24, 2.45) is 0 Å². The molecule has 0 saturated heterocycles. The maximum atomic E-state index is 12.6. The van der Waals surface area contributed by atoms with Crippen molar-refractivity contribution in [3.05, 3.63) is 63.9 Å². The first kappa shape index (κ1) is 21.8. The van der Waals surface area contributed by atoms with Crippen LogP contribution in [-0.2, 0) is 0 Å². The SMILES string of the molecule is Cc1cc(Nc2cc(NC(=O)c3c(Cl)cccc3Cl)ccn2)nc(NC(C)CO)n1. The fourth-order valence-corrected chi connectivity index (χ4v) is 3.15. The molecule has 0 aliphatic carbocycles. The van der Waals surface area contributed by atoms with Crippen molar-refractivity contribution in [1.82, 2.24) is 15.0 Å². The highest BCUT2D eigenvalue weighted by atomic mass is 35.5. The van der Waals surface area contributed by atoms with Gasteiger partial charge in [0.2, 0.25) is 5.95 Å². The molecule has 1 amide bonds. The van der Waals surface area contributed by atoms with E-state index in [1.807, 2.05) is 13.8 Å². The minimum absolute atomic E-state index is 0.0428. The molecule has 1 atom stereocenters. The lowest BCUT2D eigenvalue weighted by atomic mass is 10.2. The first-order valence-corrected chi connectivity index (χ1v) is 9.83. The highest BCUT2D eigenvalue weighted by Crippen LogP contribution is 2.26. The van der Waals surface area contributed by atoms with E-state index in [1.54, 1.807) is 42.6 Å². The van der Waals surface area contributed by atoms with Gasteiger partial charge in [0, 0.05) is 35.8 Å². The summed E-state index contributed by atoms with van der Waals surface area (Å²) in [6.45, 7) is 3.61. The van der Waals surface area contributed by atoms with Crippen molar-refractivity contribution < 1.29 is 9.90 Å². The fraction of sp³-hybridized carbons (Fsp3) is 0.200. The molecule has 8 nitrogen and oxygen atoms in total. The van der Waals surface area contributed by atoms with Crippen LogP contribution >= 0.6 is 23.2 Å². The van der Waals surface area contributed by atoms with Crippen LogP contribution in [0.3, 0.4) is 0 Å². The summed E-state index contributed by atoms with van der Waals surface area (Å²) in [6.07, 6.45) is 1.55. The molecule has 1 unspecified atom stereocenters. The molecule has 3 aromatic rings. The minimum Gasteiger partial charge on any atom is -0.394 e. The number of carbonyl (C=O) groups is 1. The van der Waals surface area contributed by atoms with Gasteiger partial charge < -0.3 is 21.1 Å². The van der Waals surface area contributed by atoms with E-state index < -0.39 is 5.91 Å². The van der Waals surface area contributed by atoms with E-state index >= 15 is 0 Å². The quantitative estimate of drug-likeness (QED) is 0.428. The molecule has 0 saturated carbocycles. The number of nitrogens with one attached hydrogen (secondary N) is 3. The summed E-state index contributed by atoms with van der Waals surface area (Å²) in [5.41, 5.74) is 1.44. The van der Waals surface area contributed by atoms with Gasteiger partial charge in [-0.25, -0.2) is 9.97 Å². The summed E-state index contributed by atoms with van der Waals surface area (Å²) in [5.74, 6) is 0.944. The van der Waals surface area contributed by atoms with Crippen LogP contribution in [0.5, 0.6) is 0 Å². The number of pyridine rings is 1. The Bertz CT molecular complexity index is 1040. The zero-order chi connectivity index (χ0) is 21.7. The number of aryl methyl sites for hydroxylation is 1. The largest absolute Gasteiger partial charge is 0.394 e. The van der Waals surface area contributed by atoms with Crippen LogP contribution in [0.4, 0.5) is 23.3 Å². The highest BCUT2D eigenvalue weighted by Gasteiger charge is 2.15. The van der Waals surface area contributed by atoms with Crippen LogP contribution in [-0.4, -0.2) is 38.6 Å². The van der Waals surface area contributed by atoms with Gasteiger partial charge in [-0.2, -0.15) is 4.98 Å². The van der Waals surface area contributed by atoms with Crippen LogP contribution in [0.15, 0.2) is 42.6 Å². The smallest absolute Gasteiger partial charge is 0.258 e. The number of carbonyl (C=O) groups excluding carboxylic acids is 1. The monoisotopic (exact) mass is 446 g/mol. The van der Waals surface area contributed by atoms with Crippen molar-refractivity contribution in [2.45, 2.75) is 19.9 Å². The lowest BCUT2D eigenvalue weighted by Gasteiger charge is -2.13. The normalized spacial score (nSPS) is 11.6. The molecule has 0 spiro atoms. The molecule has 4 N–H and O–H groups in total. The average Bonchev–Trinajstić information content (AvgIpc) is 2.67. The molecule has 0 fully saturated rings. The summed E-state index contributed by atoms with van der Waals surface area (Å²) >= 11 is 12.2. The summed E-state index contributed by atoms with van der Waals surface area (Å²) in [7, 11) is 0. The Morgan fingerprint density at radius 1 is 1.13 bits per heavy atom. The van der Waals surface area contributed by atoms with Gasteiger partial charge in [0.1, 0.15) is 11.6 Å². The second kappa shape index (κ2) is 9.71. The van der Waals surface area contributed by atoms with E-state index in [4.69, 9.17) is 23.2 Å². The Hall–Kier alpha value is -2.94. The van der Waals surface area contributed by atoms with E-state index in [-0.39, 0.29) is 28.3 Å². The predicted molar refractivity (Wildman–Crippen MR) is 119 cm³/mol. The van der Waals surface area contributed by atoms with Crippen molar-refractivity contribution in [1.29, 1.82) is 0 Å². The van der Waals surface area contributed by atoms with Gasteiger partial charge in [0.15, 0.2) is 0 Å². The molecule has 0 bridgehead atoms. The molecule has 0 aliphatic rings. The molecule has 10 heteroatoms. The molecule has 0 aliphatic heterocycles. The third kappa shape index (κ3) is 5.56. The maximum Gasteiger partial charge on any atom is 0.258 e. The highest BCUT2D eigenvalue weighted by molar-refractivity contribution is 6.40. The van der Waals surface area contributed by atoms with Crippen molar-refractivity contribution in [3.63, 3.8) is 0 Å². The predicted octanol–water partition coefficient (Wildman–Crippen LogP) is 4.28. The lowest BCUT2D eigenvalue weighted by molar-refractivity contribution is 0.102. The summed E-state index contributed by atoms with van der Waals surface area (Å²) in [6, 6.07) is 9.74. The third-order valence-electron chi connectivity index (χ3n) is 3.97. The first-order valence-electron chi connectivity index (χ1n) is 9.07. The molecular formula is C20H20Cl2N6O2. The average molecular weight is 447 g/mol. The fourth-order valence-electron chi connectivity index (χ4n) is 2.58. The summed E-state index contributed by atoms with van der Waals surface area (Å²) < 4.78 is 0. The van der Waals surface area contributed by atoms with E-state index in [2.05, 4.69) is 30.9 Å². The zero-order valence-corrected chi connectivity index (χ0v) is 17.8. The number of amides is 1. The van der Waals surface area contributed by atoms with Crippen molar-refractivity contribution in [2.75, 3.05) is 22.6 Å². The number of aliphatic hydroxyl groups is 1. The number of aromatic nitrogens is 3. The number of nitrogens with zero attached hydrogens (tertiary/aromatic N) is 3. The molecule has 1 aromatic carbocycles. The van der Waals surface area contributed by atoms with Gasteiger partial charge in [-0.05, 0) is 32.0 Å². The Morgan fingerprint density at radius 3 is 2.57 bits per heavy atom. The number of hydrogen-bond donors (Lipinski definition) is 4. The van der Waals surface area contributed by atoms with Crippen molar-refractivity contribution >= 4 is 52.4 Å². The minimum atomic E-state index is -0.426. The standard InChI is InChI=1S/C20H20Cl2N6O2/c1-11-8-17(28-20(24-11)25-12(2)10-29)27-16-9-13(6-7-23-16)26-19(30)18-14(21)4-3-5-15(18)22/h3-9,12,29H,10H2,1-2H3,(H3,23,24,25,26,27,28,30). The molecular weight excluding hydrogens is 427 g/mol. The van der Waals surface area contributed by atoms with Gasteiger partial charge in [0.25, 0.3) is 5.91 Å². The van der Waals surface area contributed by atoms with E-state index in [0.717, 1.165) is 5.69 Å². The van der Waals surface area contributed by atoms with Gasteiger partial charge in [-0.15, -0.1) is 0 Å². The van der Waals surface area contributed by atoms with Gasteiger partial charge in [0.05, 0.1) is 22.2 Å². The molecule has 2 aromatic heterocycles. The van der Waals surface area contributed by atoms with Crippen LogP contribution in [0.2, 0.25) is 10.0 Å². The number of anilines is 4. The van der Waals surface area contributed by atoms with Gasteiger partial charge >= 0.3 is 0 Å². The third-order valence-corrected chi connectivity index (χ3v) is 4.60. The zero-order valence-electron chi connectivity index (χ0n) is 16.3. The Balaban J connectivity index is 1.77. The van der Waals surface area contributed by atoms with E-state index in [0.29, 0.717) is 23.3 Å². The van der Waals surface area contributed by atoms with Crippen LogP contribution in [0, 0.1) is 6.92 Å². The molecule has 30 heavy (non-hydrogen) atoms. The topological polar surface area (TPSA) is 112 Å². The van der Waals surface area contributed by atoms with Gasteiger partial charge in [-0.1, -0.05) is 29.3 Å².